The van der Waals surface area contributed by atoms with E-state index in [1.165, 1.54) is 12.1 Å². The van der Waals surface area contributed by atoms with E-state index in [9.17, 15) is 14.0 Å². The van der Waals surface area contributed by atoms with Gasteiger partial charge in [-0.2, -0.15) is 0 Å². The van der Waals surface area contributed by atoms with Crippen LogP contribution in [0.15, 0.2) is 48.5 Å². The molecule has 27 heavy (non-hydrogen) atoms. The molecular weight excluding hydrogens is 351 g/mol. The van der Waals surface area contributed by atoms with Crippen molar-refractivity contribution in [2.75, 3.05) is 6.61 Å². The highest BCUT2D eigenvalue weighted by molar-refractivity contribution is 5.84. The highest BCUT2D eigenvalue weighted by atomic mass is 19.1. The number of aryl methyl sites for hydroxylation is 1. The lowest BCUT2D eigenvalue weighted by Crippen LogP contribution is -2.47. The van der Waals surface area contributed by atoms with Crippen LogP contribution < -0.4 is 20.3 Å². The largest absolute Gasteiger partial charge is 0.494 e. The topological polar surface area (TPSA) is 76.7 Å². The first kappa shape index (κ1) is 20.2. The molecule has 0 aromatic heterocycles. The van der Waals surface area contributed by atoms with E-state index in [1.54, 1.807) is 43.3 Å². The lowest BCUT2D eigenvalue weighted by Gasteiger charge is -2.15. The number of amides is 2. The van der Waals surface area contributed by atoms with Crippen LogP contribution in [0.25, 0.3) is 0 Å². The summed E-state index contributed by atoms with van der Waals surface area (Å²) in [5.74, 6) is 0.0936. The third-order valence-corrected chi connectivity index (χ3v) is 3.70. The molecule has 0 bridgehead atoms. The van der Waals surface area contributed by atoms with Crippen LogP contribution in [-0.2, 0) is 16.0 Å². The summed E-state index contributed by atoms with van der Waals surface area (Å²) in [6.45, 7) is 4.04. The van der Waals surface area contributed by atoms with Gasteiger partial charge in [-0.1, -0.05) is 12.1 Å². The molecule has 0 aliphatic carbocycles. The summed E-state index contributed by atoms with van der Waals surface area (Å²) in [5, 5.41) is 0. The van der Waals surface area contributed by atoms with Gasteiger partial charge < -0.3 is 9.47 Å². The summed E-state index contributed by atoms with van der Waals surface area (Å²) < 4.78 is 23.7. The molecule has 6 nitrogen and oxygen atoms in total. The molecule has 2 aromatic rings. The normalized spacial score (nSPS) is 11.4. The Morgan fingerprint density at radius 1 is 1.00 bits per heavy atom. The van der Waals surface area contributed by atoms with Crippen molar-refractivity contribution in [3.05, 3.63) is 59.9 Å². The fourth-order valence-electron chi connectivity index (χ4n) is 2.24. The lowest BCUT2D eigenvalue weighted by atomic mass is 10.1. The Kier molecular flexibility index (Phi) is 7.61. The fraction of sp³-hybridized carbons (Fsp3) is 0.300. The summed E-state index contributed by atoms with van der Waals surface area (Å²) >= 11 is 0. The fourth-order valence-corrected chi connectivity index (χ4v) is 2.24. The van der Waals surface area contributed by atoms with Gasteiger partial charge in [0.25, 0.3) is 5.91 Å². The van der Waals surface area contributed by atoms with Gasteiger partial charge in [-0.25, -0.2) is 4.39 Å². The Hall–Kier alpha value is -3.09. The summed E-state index contributed by atoms with van der Waals surface area (Å²) in [5.41, 5.74) is 5.51. The predicted molar refractivity (Wildman–Crippen MR) is 98.7 cm³/mol. The average molecular weight is 374 g/mol. The zero-order valence-electron chi connectivity index (χ0n) is 15.3. The molecule has 0 aliphatic heterocycles. The van der Waals surface area contributed by atoms with Crippen LogP contribution in [0.3, 0.4) is 0 Å². The van der Waals surface area contributed by atoms with Gasteiger partial charge in [-0.05, 0) is 62.2 Å². The molecule has 0 heterocycles. The molecule has 0 aliphatic rings. The molecule has 7 heteroatoms. The summed E-state index contributed by atoms with van der Waals surface area (Å²) in [6, 6.07) is 12.8. The second kappa shape index (κ2) is 10.2. The van der Waals surface area contributed by atoms with Gasteiger partial charge in [0.2, 0.25) is 5.91 Å². The van der Waals surface area contributed by atoms with Crippen molar-refractivity contribution in [2.24, 2.45) is 0 Å². The van der Waals surface area contributed by atoms with Gasteiger partial charge in [0.15, 0.2) is 6.10 Å². The van der Waals surface area contributed by atoms with Crippen molar-refractivity contribution in [1.82, 2.24) is 10.9 Å². The number of hydrogen-bond acceptors (Lipinski definition) is 4. The van der Waals surface area contributed by atoms with Gasteiger partial charge >= 0.3 is 0 Å². The number of nitrogens with one attached hydrogen (secondary N) is 2. The molecule has 2 rings (SSSR count). The van der Waals surface area contributed by atoms with Crippen LogP contribution in [0.5, 0.6) is 11.5 Å². The predicted octanol–water partition coefficient (Wildman–Crippen LogP) is 2.77. The number of rotatable bonds is 8. The van der Waals surface area contributed by atoms with E-state index in [2.05, 4.69) is 10.9 Å². The minimum absolute atomic E-state index is 0.167. The Balaban J connectivity index is 1.71. The van der Waals surface area contributed by atoms with Crippen LogP contribution in [0.1, 0.15) is 25.8 Å². The van der Waals surface area contributed by atoms with Gasteiger partial charge in [0.05, 0.1) is 6.61 Å². The van der Waals surface area contributed by atoms with Crippen molar-refractivity contribution in [3.63, 3.8) is 0 Å². The summed E-state index contributed by atoms with van der Waals surface area (Å²) in [6.07, 6.45) is -0.180. The second-order valence-corrected chi connectivity index (χ2v) is 5.83. The molecular formula is C20H23FN2O4. The maximum atomic E-state index is 12.8. The Bertz CT molecular complexity index is 748. The maximum Gasteiger partial charge on any atom is 0.279 e. The Morgan fingerprint density at radius 2 is 1.63 bits per heavy atom. The number of carbonyl (C=O) groups is 2. The zero-order valence-corrected chi connectivity index (χ0v) is 15.3. The summed E-state index contributed by atoms with van der Waals surface area (Å²) in [4.78, 5) is 23.8. The molecule has 2 amide bonds. The first-order valence-electron chi connectivity index (χ1n) is 8.70. The van der Waals surface area contributed by atoms with E-state index in [1.807, 2.05) is 6.92 Å². The molecule has 0 saturated heterocycles. The Labute approximate surface area is 157 Å². The smallest absolute Gasteiger partial charge is 0.279 e. The minimum Gasteiger partial charge on any atom is -0.494 e. The summed E-state index contributed by atoms with van der Waals surface area (Å²) in [7, 11) is 0. The van der Waals surface area contributed by atoms with Crippen molar-refractivity contribution in [1.29, 1.82) is 0 Å². The van der Waals surface area contributed by atoms with Crippen LogP contribution in [0.4, 0.5) is 4.39 Å². The van der Waals surface area contributed by atoms with Crippen LogP contribution in [-0.4, -0.2) is 24.5 Å². The van der Waals surface area contributed by atoms with Crippen LogP contribution in [0.2, 0.25) is 0 Å². The molecule has 0 fully saturated rings. The average Bonchev–Trinajstić information content (AvgIpc) is 2.67. The Morgan fingerprint density at radius 3 is 2.26 bits per heavy atom. The first-order chi connectivity index (χ1) is 13.0. The van der Waals surface area contributed by atoms with E-state index in [-0.39, 0.29) is 18.1 Å². The van der Waals surface area contributed by atoms with Gasteiger partial charge in [-0.3, -0.25) is 20.4 Å². The van der Waals surface area contributed by atoms with Crippen molar-refractivity contribution in [3.8, 4) is 11.5 Å². The third-order valence-electron chi connectivity index (χ3n) is 3.70. The van der Waals surface area contributed by atoms with Crippen molar-refractivity contribution < 1.29 is 23.5 Å². The quantitative estimate of drug-likeness (QED) is 0.697. The standard InChI is InChI=1S/C20H23FN2O4/c1-3-26-17-9-11-18(12-10-17)27-14(2)20(25)23-22-19(24)13-6-15-4-7-16(21)8-5-15/h4-5,7-12,14H,3,6,13H2,1-2H3,(H,22,24)(H,23,25)/t14-/m1/s1. The van der Waals surface area contributed by atoms with Crippen LogP contribution in [0, 0.1) is 5.82 Å². The number of ether oxygens (including phenoxy) is 2. The number of hydrogen-bond donors (Lipinski definition) is 2. The first-order valence-corrected chi connectivity index (χ1v) is 8.70. The van der Waals surface area contributed by atoms with Gasteiger partial charge in [-0.15, -0.1) is 0 Å². The minimum atomic E-state index is -0.791. The molecule has 0 saturated carbocycles. The lowest BCUT2D eigenvalue weighted by molar-refractivity contribution is -0.132. The highest BCUT2D eigenvalue weighted by Crippen LogP contribution is 2.18. The molecule has 0 unspecified atom stereocenters. The van der Waals surface area contributed by atoms with Gasteiger partial charge in [0.1, 0.15) is 17.3 Å². The zero-order chi connectivity index (χ0) is 19.6. The van der Waals surface area contributed by atoms with E-state index in [0.717, 1.165) is 11.3 Å². The van der Waals surface area contributed by atoms with E-state index >= 15 is 0 Å². The number of halogens is 1. The van der Waals surface area contributed by atoms with E-state index in [0.29, 0.717) is 18.8 Å². The number of carbonyl (C=O) groups excluding carboxylic acids is 2. The van der Waals surface area contributed by atoms with Gasteiger partial charge in [0, 0.05) is 6.42 Å². The molecule has 0 radical (unpaired) electrons. The van der Waals surface area contributed by atoms with Crippen molar-refractivity contribution in [2.45, 2.75) is 32.8 Å². The van der Waals surface area contributed by atoms with E-state index < -0.39 is 12.0 Å². The number of hydrazine groups is 1. The van der Waals surface area contributed by atoms with Crippen molar-refractivity contribution >= 4 is 11.8 Å². The number of benzene rings is 2. The molecule has 2 aromatic carbocycles. The molecule has 1 atom stereocenters. The van der Waals surface area contributed by atoms with Crippen LogP contribution >= 0.6 is 0 Å². The third kappa shape index (κ3) is 6.97. The highest BCUT2D eigenvalue weighted by Gasteiger charge is 2.15. The molecule has 0 spiro atoms. The monoisotopic (exact) mass is 374 g/mol. The SMILES string of the molecule is CCOc1ccc(O[C@H](C)C(=O)NNC(=O)CCc2ccc(F)cc2)cc1. The maximum absolute atomic E-state index is 12.8. The molecule has 2 N–H and O–H groups in total. The second-order valence-electron chi connectivity index (χ2n) is 5.83. The van der Waals surface area contributed by atoms with E-state index in [4.69, 9.17) is 9.47 Å². The molecule has 144 valence electrons.